The highest BCUT2D eigenvalue weighted by atomic mass is 79.9. The van der Waals surface area contributed by atoms with Crippen molar-refractivity contribution >= 4 is 15.9 Å². The summed E-state index contributed by atoms with van der Waals surface area (Å²) in [6.45, 7) is 0. The van der Waals surface area contributed by atoms with Gasteiger partial charge in [-0.3, -0.25) is 0 Å². The van der Waals surface area contributed by atoms with Gasteiger partial charge in [0.25, 0.3) is 0 Å². The molecule has 0 saturated carbocycles. The van der Waals surface area contributed by atoms with Gasteiger partial charge in [-0.25, -0.2) is 0 Å². The molecule has 0 amide bonds. The third-order valence-corrected chi connectivity index (χ3v) is 4.14. The van der Waals surface area contributed by atoms with Crippen molar-refractivity contribution < 1.29 is 14.6 Å². The monoisotopic (exact) mass is 434 g/mol. The fraction of sp³-hybridized carbons (Fsp3) is 0. The zero-order valence-electron chi connectivity index (χ0n) is 15.0. The molecular formula is C24H19BrO3. The Morgan fingerprint density at radius 1 is 0.464 bits per heavy atom. The molecule has 0 aliphatic rings. The van der Waals surface area contributed by atoms with Crippen LogP contribution in [0.4, 0.5) is 0 Å². The molecule has 0 bridgehead atoms. The lowest BCUT2D eigenvalue weighted by atomic mass is 10.3. The molecule has 0 aromatic heterocycles. The largest absolute Gasteiger partial charge is 0.508 e. The van der Waals surface area contributed by atoms with Gasteiger partial charge < -0.3 is 14.6 Å². The summed E-state index contributed by atoms with van der Waals surface area (Å²) >= 11 is 3.38. The van der Waals surface area contributed by atoms with Gasteiger partial charge in [-0.15, -0.1) is 0 Å². The fourth-order valence-electron chi connectivity index (χ4n) is 2.27. The van der Waals surface area contributed by atoms with Crippen molar-refractivity contribution in [1.29, 1.82) is 0 Å². The van der Waals surface area contributed by atoms with E-state index >= 15 is 0 Å². The van der Waals surface area contributed by atoms with Gasteiger partial charge >= 0.3 is 0 Å². The molecule has 4 aromatic rings. The molecule has 0 fully saturated rings. The van der Waals surface area contributed by atoms with Crippen LogP contribution in [-0.2, 0) is 0 Å². The van der Waals surface area contributed by atoms with Crippen molar-refractivity contribution in [1.82, 2.24) is 0 Å². The first-order chi connectivity index (χ1) is 13.7. The Labute approximate surface area is 172 Å². The number of benzene rings is 4. The highest BCUT2D eigenvalue weighted by Gasteiger charge is 1.96. The van der Waals surface area contributed by atoms with Gasteiger partial charge in [-0.2, -0.15) is 0 Å². The quantitative estimate of drug-likeness (QED) is 0.362. The minimum atomic E-state index is 0.241. The van der Waals surface area contributed by atoms with Gasteiger partial charge in [0, 0.05) is 4.47 Å². The second-order valence-electron chi connectivity index (χ2n) is 5.78. The van der Waals surface area contributed by atoms with E-state index in [4.69, 9.17) is 14.6 Å². The third-order valence-electron chi connectivity index (χ3n) is 3.61. The molecule has 1 N–H and O–H groups in total. The Morgan fingerprint density at radius 3 is 1.25 bits per heavy atom. The molecule has 0 atom stereocenters. The first-order valence-corrected chi connectivity index (χ1v) is 9.49. The molecule has 0 heterocycles. The first-order valence-electron chi connectivity index (χ1n) is 8.69. The zero-order chi connectivity index (χ0) is 19.6. The van der Waals surface area contributed by atoms with Gasteiger partial charge in [0.15, 0.2) is 0 Å². The van der Waals surface area contributed by atoms with E-state index < -0.39 is 0 Å². The number of hydrogen-bond donors (Lipinski definition) is 1. The van der Waals surface area contributed by atoms with Crippen molar-refractivity contribution in [3.63, 3.8) is 0 Å². The van der Waals surface area contributed by atoms with Crippen LogP contribution in [0.2, 0.25) is 0 Å². The number of ether oxygens (including phenoxy) is 2. The van der Waals surface area contributed by atoms with Crippen LogP contribution in [0.25, 0.3) is 0 Å². The number of phenols is 1. The van der Waals surface area contributed by atoms with Crippen LogP contribution < -0.4 is 9.47 Å². The predicted octanol–water partition coefficient (Wildman–Crippen LogP) is 7.43. The number of rotatable bonds is 4. The molecule has 3 nitrogen and oxygen atoms in total. The van der Waals surface area contributed by atoms with E-state index in [1.807, 2.05) is 84.9 Å². The molecule has 4 rings (SSSR count). The summed E-state index contributed by atoms with van der Waals surface area (Å²) in [6.07, 6.45) is 0. The smallest absolute Gasteiger partial charge is 0.127 e. The summed E-state index contributed by atoms with van der Waals surface area (Å²) in [5.74, 6) is 3.45. The summed E-state index contributed by atoms with van der Waals surface area (Å²) < 4.78 is 12.2. The van der Waals surface area contributed by atoms with Crippen LogP contribution in [-0.4, -0.2) is 5.11 Å². The summed E-state index contributed by atoms with van der Waals surface area (Å²) in [4.78, 5) is 0. The third kappa shape index (κ3) is 6.49. The standard InChI is InChI=1S/C12H9BrO.C12H10O2/c2*13-10-6-8-12(9-7-10)14-11-4-2-1-3-5-11/h1-9H;1-9,13H. The Hall–Kier alpha value is -3.24. The lowest BCUT2D eigenvalue weighted by molar-refractivity contribution is 0.464. The SMILES string of the molecule is Brc1ccc(Oc2ccccc2)cc1.Oc1ccc(Oc2ccccc2)cc1. The van der Waals surface area contributed by atoms with Crippen LogP contribution in [0.15, 0.2) is 114 Å². The van der Waals surface area contributed by atoms with E-state index in [2.05, 4.69) is 15.9 Å². The van der Waals surface area contributed by atoms with Crippen LogP contribution in [0, 0.1) is 0 Å². The second kappa shape index (κ2) is 10.2. The van der Waals surface area contributed by atoms with E-state index in [-0.39, 0.29) is 5.75 Å². The summed E-state index contributed by atoms with van der Waals surface area (Å²) in [6, 6.07) is 33.7. The zero-order valence-corrected chi connectivity index (χ0v) is 16.6. The van der Waals surface area contributed by atoms with Crippen LogP contribution >= 0.6 is 15.9 Å². The molecule has 0 saturated heterocycles. The predicted molar refractivity (Wildman–Crippen MR) is 115 cm³/mol. The molecule has 4 aromatic carbocycles. The van der Waals surface area contributed by atoms with Gasteiger partial charge in [0.2, 0.25) is 0 Å². The van der Waals surface area contributed by atoms with Gasteiger partial charge in [0.1, 0.15) is 28.7 Å². The summed E-state index contributed by atoms with van der Waals surface area (Å²) in [5, 5.41) is 9.07. The number of aromatic hydroxyl groups is 1. The van der Waals surface area contributed by atoms with E-state index in [0.717, 1.165) is 21.7 Å². The molecule has 4 heteroatoms. The number of hydrogen-bond acceptors (Lipinski definition) is 3. The van der Waals surface area contributed by atoms with E-state index in [1.54, 1.807) is 24.3 Å². The highest BCUT2D eigenvalue weighted by Crippen LogP contribution is 2.23. The highest BCUT2D eigenvalue weighted by molar-refractivity contribution is 9.10. The van der Waals surface area contributed by atoms with Gasteiger partial charge in [-0.1, -0.05) is 52.3 Å². The Morgan fingerprint density at radius 2 is 0.821 bits per heavy atom. The lowest BCUT2D eigenvalue weighted by Gasteiger charge is -2.04. The average Bonchev–Trinajstić information content (AvgIpc) is 2.74. The average molecular weight is 435 g/mol. The molecule has 0 radical (unpaired) electrons. The Kier molecular flexibility index (Phi) is 7.10. The molecule has 140 valence electrons. The second-order valence-corrected chi connectivity index (χ2v) is 6.69. The van der Waals surface area contributed by atoms with Crippen LogP contribution in [0.1, 0.15) is 0 Å². The Balaban J connectivity index is 0.000000161. The maximum atomic E-state index is 9.07. The molecule has 0 aliphatic carbocycles. The number of phenolic OH excluding ortho intramolecular Hbond substituents is 1. The lowest BCUT2D eigenvalue weighted by Crippen LogP contribution is -1.82. The normalized spacial score (nSPS) is 9.75. The minimum Gasteiger partial charge on any atom is -0.508 e. The summed E-state index contributed by atoms with van der Waals surface area (Å²) in [7, 11) is 0. The van der Waals surface area contributed by atoms with Gasteiger partial charge in [-0.05, 0) is 72.8 Å². The van der Waals surface area contributed by atoms with Crippen molar-refractivity contribution in [3.8, 4) is 28.7 Å². The van der Waals surface area contributed by atoms with Crippen LogP contribution in [0.3, 0.4) is 0 Å². The topological polar surface area (TPSA) is 38.7 Å². The van der Waals surface area contributed by atoms with E-state index in [9.17, 15) is 0 Å². The maximum absolute atomic E-state index is 9.07. The van der Waals surface area contributed by atoms with E-state index in [1.165, 1.54) is 0 Å². The molecule has 0 spiro atoms. The molecule has 0 aliphatic heterocycles. The Bertz CT molecular complexity index is 871. The molecule has 0 unspecified atom stereocenters. The first kappa shape index (κ1) is 19.5. The summed E-state index contributed by atoms with van der Waals surface area (Å²) in [5.41, 5.74) is 0. The minimum absolute atomic E-state index is 0.241. The van der Waals surface area contributed by atoms with Crippen molar-refractivity contribution in [2.45, 2.75) is 0 Å². The molecule has 28 heavy (non-hydrogen) atoms. The van der Waals surface area contributed by atoms with E-state index in [0.29, 0.717) is 5.75 Å². The molecular weight excluding hydrogens is 416 g/mol. The van der Waals surface area contributed by atoms with Gasteiger partial charge in [0.05, 0.1) is 0 Å². The van der Waals surface area contributed by atoms with Crippen molar-refractivity contribution in [2.24, 2.45) is 0 Å². The number of halogens is 1. The maximum Gasteiger partial charge on any atom is 0.127 e. The van der Waals surface area contributed by atoms with Crippen molar-refractivity contribution in [3.05, 3.63) is 114 Å². The fourth-order valence-corrected chi connectivity index (χ4v) is 2.53. The van der Waals surface area contributed by atoms with Crippen molar-refractivity contribution in [2.75, 3.05) is 0 Å². The van der Waals surface area contributed by atoms with Crippen LogP contribution in [0.5, 0.6) is 28.7 Å². The number of para-hydroxylation sites is 2.